The SMILES string of the molecule is [N-]=[N+]=Nc1ccccc1S(=O)(=O)N1[C@H]2C=C[C@H](CC2)[S@]1=O. The zero-order valence-corrected chi connectivity index (χ0v) is 12.5. The first kappa shape index (κ1) is 14.3. The van der Waals surface area contributed by atoms with E-state index >= 15 is 0 Å². The lowest BCUT2D eigenvalue weighted by Gasteiger charge is -2.38. The van der Waals surface area contributed by atoms with Crippen LogP contribution >= 0.6 is 0 Å². The van der Waals surface area contributed by atoms with Gasteiger partial charge in [0.15, 0.2) is 0 Å². The number of fused-ring (bicyclic) bond motifs is 2. The molecule has 2 bridgehead atoms. The van der Waals surface area contributed by atoms with Gasteiger partial charge in [0, 0.05) is 4.91 Å². The van der Waals surface area contributed by atoms with Gasteiger partial charge in [-0.3, -0.25) is 0 Å². The van der Waals surface area contributed by atoms with E-state index in [1.54, 1.807) is 18.2 Å². The van der Waals surface area contributed by atoms with Crippen molar-refractivity contribution in [3.63, 3.8) is 0 Å². The lowest BCUT2D eigenvalue weighted by molar-refractivity contribution is 0.426. The van der Waals surface area contributed by atoms with Gasteiger partial charge in [-0.15, -0.1) is 3.71 Å². The van der Waals surface area contributed by atoms with E-state index in [1.807, 2.05) is 6.08 Å². The summed E-state index contributed by atoms with van der Waals surface area (Å²) in [7, 11) is -5.60. The van der Waals surface area contributed by atoms with E-state index in [4.69, 9.17) is 5.53 Å². The van der Waals surface area contributed by atoms with Gasteiger partial charge in [-0.2, -0.15) is 0 Å². The van der Waals surface area contributed by atoms with Gasteiger partial charge in [-0.25, -0.2) is 12.6 Å². The second-order valence-electron chi connectivity index (χ2n) is 4.76. The minimum absolute atomic E-state index is 0.0161. The van der Waals surface area contributed by atoms with Crippen molar-refractivity contribution < 1.29 is 12.6 Å². The smallest absolute Gasteiger partial charge is 0.241 e. The van der Waals surface area contributed by atoms with E-state index in [0.717, 1.165) is 10.1 Å². The average molecular weight is 324 g/mol. The Bertz CT molecular complexity index is 783. The summed E-state index contributed by atoms with van der Waals surface area (Å²) in [6.07, 6.45) is 4.96. The lowest BCUT2D eigenvalue weighted by Crippen LogP contribution is -2.50. The zero-order valence-electron chi connectivity index (χ0n) is 10.9. The molecule has 4 rings (SSSR count). The first-order chi connectivity index (χ1) is 10.1. The molecular weight excluding hydrogens is 312 g/mol. The quantitative estimate of drug-likeness (QED) is 0.369. The highest BCUT2D eigenvalue weighted by molar-refractivity contribution is 8.01. The van der Waals surface area contributed by atoms with Gasteiger partial charge in [0.2, 0.25) is 0 Å². The van der Waals surface area contributed by atoms with E-state index in [9.17, 15) is 12.6 Å². The predicted molar refractivity (Wildman–Crippen MR) is 78.4 cm³/mol. The summed E-state index contributed by atoms with van der Waals surface area (Å²) in [5.41, 5.74) is 8.57. The van der Waals surface area contributed by atoms with Crippen LogP contribution in [-0.2, 0) is 21.0 Å². The Hall–Kier alpha value is -1.67. The van der Waals surface area contributed by atoms with Gasteiger partial charge < -0.3 is 0 Å². The van der Waals surface area contributed by atoms with Crippen molar-refractivity contribution in [1.82, 2.24) is 3.71 Å². The molecule has 7 nitrogen and oxygen atoms in total. The van der Waals surface area contributed by atoms with Crippen LogP contribution < -0.4 is 0 Å². The average Bonchev–Trinajstić information content (AvgIpc) is 2.49. The number of nitrogens with zero attached hydrogens (tertiary/aromatic N) is 4. The Labute approximate surface area is 124 Å². The minimum Gasteiger partial charge on any atom is -0.241 e. The highest BCUT2D eigenvalue weighted by Gasteiger charge is 2.44. The molecule has 21 heavy (non-hydrogen) atoms. The maximum atomic E-state index is 12.8. The third kappa shape index (κ3) is 2.28. The summed E-state index contributed by atoms with van der Waals surface area (Å²) >= 11 is 0. The summed E-state index contributed by atoms with van der Waals surface area (Å²) in [5, 5.41) is 3.15. The van der Waals surface area contributed by atoms with Gasteiger partial charge in [0.05, 0.1) is 21.9 Å². The molecule has 2 heterocycles. The summed E-state index contributed by atoms with van der Waals surface area (Å²) in [6.45, 7) is 0. The molecule has 0 amide bonds. The summed E-state index contributed by atoms with van der Waals surface area (Å²) in [4.78, 5) is 2.53. The van der Waals surface area contributed by atoms with Gasteiger partial charge >= 0.3 is 0 Å². The van der Waals surface area contributed by atoms with Crippen molar-refractivity contribution in [3.05, 3.63) is 46.9 Å². The van der Waals surface area contributed by atoms with Crippen LogP contribution in [0.1, 0.15) is 12.8 Å². The molecule has 0 aromatic heterocycles. The van der Waals surface area contributed by atoms with Crippen molar-refractivity contribution in [1.29, 1.82) is 0 Å². The molecule has 9 heteroatoms. The Balaban J connectivity index is 2.12. The molecule has 3 aliphatic rings. The van der Waals surface area contributed by atoms with Crippen LogP contribution in [-0.4, -0.2) is 27.6 Å². The predicted octanol–water partition coefficient (Wildman–Crippen LogP) is 2.38. The van der Waals surface area contributed by atoms with Crippen LogP contribution in [0.2, 0.25) is 0 Å². The van der Waals surface area contributed by atoms with Crippen molar-refractivity contribution in [2.45, 2.75) is 29.0 Å². The van der Waals surface area contributed by atoms with Gasteiger partial charge in [0.25, 0.3) is 10.0 Å². The Morgan fingerprint density at radius 3 is 2.67 bits per heavy atom. The number of benzene rings is 1. The molecule has 0 radical (unpaired) electrons. The third-order valence-electron chi connectivity index (χ3n) is 3.53. The van der Waals surface area contributed by atoms with E-state index in [2.05, 4.69) is 10.0 Å². The largest absolute Gasteiger partial charge is 0.255 e. The fourth-order valence-electron chi connectivity index (χ4n) is 2.57. The first-order valence-corrected chi connectivity index (χ1v) is 8.94. The lowest BCUT2D eigenvalue weighted by atomic mass is 10.0. The number of azide groups is 1. The molecule has 1 saturated heterocycles. The second-order valence-corrected chi connectivity index (χ2v) is 8.33. The Morgan fingerprint density at radius 2 is 2.05 bits per heavy atom. The molecule has 0 N–H and O–H groups in total. The minimum atomic E-state index is -3.98. The summed E-state index contributed by atoms with van der Waals surface area (Å²) in [6, 6.07) is 5.52. The molecule has 1 fully saturated rings. The molecule has 3 atom stereocenters. The molecule has 1 aromatic carbocycles. The van der Waals surface area contributed by atoms with E-state index < -0.39 is 27.1 Å². The molecule has 0 saturated carbocycles. The third-order valence-corrected chi connectivity index (χ3v) is 7.75. The Kier molecular flexibility index (Phi) is 3.58. The van der Waals surface area contributed by atoms with Crippen LogP contribution in [0.15, 0.2) is 46.4 Å². The maximum absolute atomic E-state index is 12.8. The summed E-state index contributed by atoms with van der Waals surface area (Å²) in [5.74, 6) is 0. The van der Waals surface area contributed by atoms with Crippen LogP contribution in [0, 0.1) is 0 Å². The Morgan fingerprint density at radius 1 is 1.29 bits per heavy atom. The van der Waals surface area contributed by atoms with Gasteiger partial charge in [0.1, 0.15) is 11.0 Å². The van der Waals surface area contributed by atoms with Crippen LogP contribution in [0.4, 0.5) is 5.69 Å². The summed E-state index contributed by atoms with van der Waals surface area (Å²) < 4.78 is 39.0. The highest BCUT2D eigenvalue weighted by Crippen LogP contribution is 2.37. The molecule has 2 aliphatic heterocycles. The monoisotopic (exact) mass is 324 g/mol. The normalized spacial score (nSPS) is 28.3. The molecule has 0 spiro atoms. The fraction of sp³-hybridized carbons (Fsp3) is 0.333. The van der Waals surface area contributed by atoms with E-state index in [-0.39, 0.29) is 15.8 Å². The van der Waals surface area contributed by atoms with Crippen LogP contribution in [0.5, 0.6) is 0 Å². The van der Waals surface area contributed by atoms with E-state index in [0.29, 0.717) is 6.42 Å². The number of sulfonamides is 1. The molecule has 0 unspecified atom stereocenters. The number of rotatable bonds is 3. The standard InChI is InChI=1S/C12H12N4O3S2/c13-15-14-11-3-1-2-4-12(11)21(18,19)16-9-5-7-10(8-6-9)20(16)17/h1-5,7,9-10H,6,8H2/t9-,10+,20+/m0/s1. The highest BCUT2D eigenvalue weighted by atomic mass is 32.3. The molecule has 1 aromatic rings. The number of hydrogen-bond acceptors (Lipinski definition) is 4. The van der Waals surface area contributed by atoms with Crippen molar-refractivity contribution >= 4 is 26.7 Å². The second kappa shape index (κ2) is 5.27. The maximum Gasteiger partial charge on any atom is 0.255 e. The van der Waals surface area contributed by atoms with E-state index in [1.165, 1.54) is 12.1 Å². The topological polar surface area (TPSA) is 103 Å². The van der Waals surface area contributed by atoms with Crippen molar-refractivity contribution in [3.8, 4) is 0 Å². The number of hydrogen-bond donors (Lipinski definition) is 0. The zero-order chi connectivity index (χ0) is 15.0. The van der Waals surface area contributed by atoms with Crippen molar-refractivity contribution in [2.75, 3.05) is 0 Å². The van der Waals surface area contributed by atoms with Crippen molar-refractivity contribution in [2.24, 2.45) is 5.11 Å². The fourth-order valence-corrected chi connectivity index (χ4v) is 6.54. The first-order valence-electron chi connectivity index (χ1n) is 6.33. The molecule has 1 aliphatic carbocycles. The molecule has 110 valence electrons. The molecular formula is C12H12N4O3S2. The van der Waals surface area contributed by atoms with Gasteiger partial charge in [-0.05, 0) is 24.4 Å². The van der Waals surface area contributed by atoms with Crippen LogP contribution in [0.25, 0.3) is 10.4 Å². The van der Waals surface area contributed by atoms with Crippen LogP contribution in [0.3, 0.4) is 0 Å². The van der Waals surface area contributed by atoms with Gasteiger partial charge in [-0.1, -0.05) is 35.5 Å².